The van der Waals surface area contributed by atoms with Crippen LogP contribution in [0.4, 0.5) is 17.1 Å². The fourth-order valence-corrected chi connectivity index (χ4v) is 1.90. The van der Waals surface area contributed by atoms with E-state index in [0.29, 0.717) is 28.6 Å². The van der Waals surface area contributed by atoms with Crippen LogP contribution in [0.5, 0.6) is 0 Å². The molecule has 0 amide bonds. The number of carbonyl (C=O) groups excluding carboxylic acids is 1. The Labute approximate surface area is 122 Å². The van der Waals surface area contributed by atoms with E-state index < -0.39 is 0 Å². The number of hydrogen-bond acceptors (Lipinski definition) is 4. The van der Waals surface area contributed by atoms with E-state index in [9.17, 15) is 4.79 Å². The molecule has 0 saturated carbocycles. The minimum absolute atomic E-state index is 0.330. The number of anilines is 3. The summed E-state index contributed by atoms with van der Waals surface area (Å²) >= 11 is 6.08. The van der Waals surface area contributed by atoms with Crippen molar-refractivity contribution in [2.24, 2.45) is 0 Å². The van der Waals surface area contributed by atoms with Crippen molar-refractivity contribution >= 4 is 34.6 Å². The summed E-state index contributed by atoms with van der Waals surface area (Å²) in [4.78, 5) is 11.7. The second kappa shape index (κ2) is 6.30. The molecule has 0 fully saturated rings. The molecule has 2 rings (SSSR count). The molecule has 0 aliphatic heterocycles. The molecular weight excluding hydrogens is 276 g/mol. The van der Waals surface area contributed by atoms with Gasteiger partial charge < -0.3 is 15.8 Å². The number of rotatable bonds is 4. The molecular formula is C15H15ClN2O2. The molecule has 0 aliphatic carbocycles. The normalized spacial score (nSPS) is 10.1. The fraction of sp³-hybridized carbons (Fsp3) is 0.133. The van der Waals surface area contributed by atoms with E-state index in [-0.39, 0.29) is 5.97 Å². The van der Waals surface area contributed by atoms with Gasteiger partial charge >= 0.3 is 5.97 Å². The van der Waals surface area contributed by atoms with Gasteiger partial charge in [-0.2, -0.15) is 0 Å². The summed E-state index contributed by atoms with van der Waals surface area (Å²) in [6.07, 6.45) is 0. The minimum atomic E-state index is -0.380. The molecule has 0 aromatic heterocycles. The van der Waals surface area contributed by atoms with Crippen LogP contribution in [0.15, 0.2) is 42.5 Å². The Morgan fingerprint density at radius 3 is 2.70 bits per heavy atom. The van der Waals surface area contributed by atoms with Crippen molar-refractivity contribution in [1.29, 1.82) is 0 Å². The molecule has 0 spiro atoms. The SMILES string of the molecule is CCOC(=O)c1ccc(N)c(Nc2ccccc2Cl)c1. The third-order valence-electron chi connectivity index (χ3n) is 2.71. The van der Waals surface area contributed by atoms with Crippen LogP contribution >= 0.6 is 11.6 Å². The third kappa shape index (κ3) is 3.22. The molecule has 104 valence electrons. The molecule has 0 radical (unpaired) electrons. The average molecular weight is 291 g/mol. The van der Waals surface area contributed by atoms with Crippen LogP contribution in [-0.2, 0) is 4.74 Å². The second-order valence-corrected chi connectivity index (χ2v) is 4.53. The van der Waals surface area contributed by atoms with Crippen molar-refractivity contribution in [2.75, 3.05) is 17.7 Å². The van der Waals surface area contributed by atoms with Crippen LogP contribution in [0.3, 0.4) is 0 Å². The van der Waals surface area contributed by atoms with Crippen molar-refractivity contribution in [3.05, 3.63) is 53.1 Å². The van der Waals surface area contributed by atoms with E-state index in [2.05, 4.69) is 5.32 Å². The van der Waals surface area contributed by atoms with Gasteiger partial charge in [0.25, 0.3) is 0 Å². The fourth-order valence-electron chi connectivity index (χ4n) is 1.71. The molecule has 0 aliphatic rings. The lowest BCUT2D eigenvalue weighted by Gasteiger charge is -2.12. The number of benzene rings is 2. The number of halogens is 1. The molecule has 0 heterocycles. The number of nitrogen functional groups attached to an aromatic ring is 1. The van der Waals surface area contributed by atoms with Gasteiger partial charge in [0, 0.05) is 0 Å². The van der Waals surface area contributed by atoms with Crippen LogP contribution in [0.1, 0.15) is 17.3 Å². The molecule has 2 aromatic carbocycles. The van der Waals surface area contributed by atoms with Crippen LogP contribution in [0.25, 0.3) is 0 Å². The van der Waals surface area contributed by atoms with E-state index in [0.717, 1.165) is 5.69 Å². The summed E-state index contributed by atoms with van der Waals surface area (Å²) in [6.45, 7) is 2.09. The first-order valence-electron chi connectivity index (χ1n) is 6.20. The van der Waals surface area contributed by atoms with Gasteiger partial charge in [-0.25, -0.2) is 4.79 Å². The zero-order valence-electron chi connectivity index (χ0n) is 11.0. The van der Waals surface area contributed by atoms with Gasteiger partial charge in [0.1, 0.15) is 0 Å². The summed E-state index contributed by atoms with van der Waals surface area (Å²) < 4.78 is 4.96. The van der Waals surface area contributed by atoms with Crippen LogP contribution in [0, 0.1) is 0 Å². The zero-order chi connectivity index (χ0) is 14.5. The molecule has 2 aromatic rings. The number of ether oxygens (including phenoxy) is 1. The predicted molar refractivity (Wildman–Crippen MR) is 81.5 cm³/mol. The Bertz CT molecular complexity index is 629. The number of esters is 1. The van der Waals surface area contributed by atoms with Gasteiger partial charge in [-0.15, -0.1) is 0 Å². The van der Waals surface area contributed by atoms with Gasteiger partial charge in [0.15, 0.2) is 0 Å². The maximum atomic E-state index is 11.7. The van der Waals surface area contributed by atoms with Crippen LogP contribution in [-0.4, -0.2) is 12.6 Å². The van der Waals surface area contributed by atoms with Gasteiger partial charge in [0.05, 0.1) is 34.3 Å². The smallest absolute Gasteiger partial charge is 0.338 e. The van der Waals surface area contributed by atoms with Crippen molar-refractivity contribution in [2.45, 2.75) is 6.92 Å². The number of nitrogens with two attached hydrogens (primary N) is 1. The van der Waals surface area contributed by atoms with Gasteiger partial charge in [-0.3, -0.25) is 0 Å². The third-order valence-corrected chi connectivity index (χ3v) is 3.04. The van der Waals surface area contributed by atoms with E-state index >= 15 is 0 Å². The average Bonchev–Trinajstić information content (AvgIpc) is 2.44. The Morgan fingerprint density at radius 1 is 1.25 bits per heavy atom. The summed E-state index contributed by atoms with van der Waals surface area (Å²) in [7, 11) is 0. The van der Waals surface area contributed by atoms with Gasteiger partial charge in [-0.1, -0.05) is 23.7 Å². The predicted octanol–water partition coefficient (Wildman–Crippen LogP) is 3.84. The quantitative estimate of drug-likeness (QED) is 0.663. The first kappa shape index (κ1) is 14.2. The van der Waals surface area contributed by atoms with Crippen molar-refractivity contribution in [3.63, 3.8) is 0 Å². The standard InChI is InChI=1S/C15H15ClN2O2/c1-2-20-15(19)10-7-8-12(17)14(9-10)18-13-6-4-3-5-11(13)16/h3-9,18H,2,17H2,1H3. The maximum Gasteiger partial charge on any atom is 0.338 e. The lowest BCUT2D eigenvalue weighted by molar-refractivity contribution is 0.0526. The topological polar surface area (TPSA) is 64.3 Å². The molecule has 0 saturated heterocycles. The lowest BCUT2D eigenvalue weighted by atomic mass is 10.1. The van der Waals surface area contributed by atoms with E-state index in [1.807, 2.05) is 18.2 Å². The first-order valence-corrected chi connectivity index (χ1v) is 6.58. The Kier molecular flexibility index (Phi) is 4.48. The summed E-state index contributed by atoms with van der Waals surface area (Å²) in [6, 6.07) is 12.2. The molecule has 0 unspecified atom stereocenters. The molecule has 20 heavy (non-hydrogen) atoms. The van der Waals surface area contributed by atoms with Gasteiger partial charge in [0.2, 0.25) is 0 Å². The summed E-state index contributed by atoms with van der Waals surface area (Å²) in [5.74, 6) is -0.380. The van der Waals surface area contributed by atoms with E-state index in [1.165, 1.54) is 0 Å². The molecule has 4 nitrogen and oxygen atoms in total. The Hall–Kier alpha value is -2.20. The Balaban J connectivity index is 2.30. The second-order valence-electron chi connectivity index (χ2n) is 4.13. The molecule has 3 N–H and O–H groups in total. The molecule has 0 bridgehead atoms. The van der Waals surface area contributed by atoms with Crippen molar-refractivity contribution < 1.29 is 9.53 Å². The number of para-hydroxylation sites is 1. The number of nitrogens with one attached hydrogen (secondary N) is 1. The summed E-state index contributed by atoms with van der Waals surface area (Å²) in [5.41, 5.74) is 8.21. The zero-order valence-corrected chi connectivity index (χ0v) is 11.8. The highest BCUT2D eigenvalue weighted by Crippen LogP contribution is 2.29. The molecule has 5 heteroatoms. The highest BCUT2D eigenvalue weighted by molar-refractivity contribution is 6.33. The molecule has 0 atom stereocenters. The highest BCUT2D eigenvalue weighted by Gasteiger charge is 2.10. The first-order chi connectivity index (χ1) is 9.61. The Morgan fingerprint density at radius 2 is 2.00 bits per heavy atom. The number of carbonyl (C=O) groups is 1. The number of hydrogen-bond donors (Lipinski definition) is 2. The van der Waals surface area contributed by atoms with Crippen LogP contribution < -0.4 is 11.1 Å². The summed E-state index contributed by atoms with van der Waals surface area (Å²) in [5, 5.41) is 3.69. The monoisotopic (exact) mass is 290 g/mol. The van der Waals surface area contributed by atoms with E-state index in [4.69, 9.17) is 22.1 Å². The largest absolute Gasteiger partial charge is 0.462 e. The van der Waals surface area contributed by atoms with Crippen molar-refractivity contribution in [3.8, 4) is 0 Å². The van der Waals surface area contributed by atoms with E-state index in [1.54, 1.807) is 31.2 Å². The highest BCUT2D eigenvalue weighted by atomic mass is 35.5. The van der Waals surface area contributed by atoms with Crippen LogP contribution in [0.2, 0.25) is 5.02 Å². The lowest BCUT2D eigenvalue weighted by Crippen LogP contribution is -2.06. The maximum absolute atomic E-state index is 11.7. The minimum Gasteiger partial charge on any atom is -0.462 e. The van der Waals surface area contributed by atoms with Crippen molar-refractivity contribution in [1.82, 2.24) is 0 Å². The van der Waals surface area contributed by atoms with Gasteiger partial charge in [-0.05, 0) is 37.3 Å².